The Morgan fingerprint density at radius 2 is 1.92 bits per heavy atom. The number of hydrogen-bond donors (Lipinski definition) is 0. The van der Waals surface area contributed by atoms with Crippen molar-refractivity contribution in [3.05, 3.63) is 10.6 Å². The van der Waals surface area contributed by atoms with Crippen molar-refractivity contribution in [2.24, 2.45) is 11.3 Å². The number of carbonyl (C=O) groups is 3. The molecule has 0 aromatic carbocycles. The summed E-state index contributed by atoms with van der Waals surface area (Å²) in [4.78, 5) is 36.0. The zero-order chi connectivity index (χ0) is 19.6. The number of carbonyl (C=O) groups excluding carboxylic acids is 3. The van der Waals surface area contributed by atoms with Crippen molar-refractivity contribution in [2.75, 3.05) is 7.11 Å². The van der Waals surface area contributed by atoms with Gasteiger partial charge in [0.15, 0.2) is 5.78 Å². The van der Waals surface area contributed by atoms with Crippen LogP contribution >= 0.6 is 11.6 Å². The quantitative estimate of drug-likeness (QED) is 0.535. The van der Waals surface area contributed by atoms with E-state index in [1.807, 2.05) is 0 Å². The summed E-state index contributed by atoms with van der Waals surface area (Å²) < 4.78 is 46.7. The lowest BCUT2D eigenvalue weighted by atomic mass is 9.67. The normalized spacial score (nSPS) is 21.8. The first-order valence-corrected chi connectivity index (χ1v) is 8.03. The lowest BCUT2D eigenvalue weighted by Crippen LogP contribution is -2.45. The van der Waals surface area contributed by atoms with Crippen molar-refractivity contribution in [2.45, 2.75) is 52.3 Å². The molecule has 0 saturated carbocycles. The van der Waals surface area contributed by atoms with Crippen LogP contribution in [0.2, 0.25) is 0 Å². The first-order valence-electron chi connectivity index (χ1n) is 7.65. The summed E-state index contributed by atoms with van der Waals surface area (Å²) in [5.74, 6) is -5.23. The molecule has 0 aromatic heterocycles. The standard InChI is InChI=1S/C16H20ClF3O5/c1-5-6-9(25-14(23)16(18,19)20)10-8(17)7-15(2,3)11(12(10)21)13(22)24-4/h9,11H,5-7H2,1-4H3. The maximum Gasteiger partial charge on any atom is 0.490 e. The van der Waals surface area contributed by atoms with E-state index in [1.165, 1.54) is 0 Å². The molecule has 0 N–H and O–H groups in total. The molecule has 0 bridgehead atoms. The maximum atomic E-state index is 12.8. The van der Waals surface area contributed by atoms with Gasteiger partial charge in [-0.3, -0.25) is 9.59 Å². The number of ketones is 1. The monoisotopic (exact) mass is 384 g/mol. The molecule has 142 valence electrons. The number of Topliss-reactive ketones (excluding diaryl/α,β-unsaturated/α-hetero) is 1. The van der Waals surface area contributed by atoms with Gasteiger partial charge >= 0.3 is 18.1 Å². The number of allylic oxidation sites excluding steroid dienone is 1. The van der Waals surface area contributed by atoms with E-state index in [2.05, 4.69) is 9.47 Å². The molecule has 1 aliphatic rings. The minimum atomic E-state index is -5.20. The summed E-state index contributed by atoms with van der Waals surface area (Å²) in [5, 5.41) is -0.0106. The van der Waals surface area contributed by atoms with Crippen LogP contribution in [0.4, 0.5) is 13.2 Å². The van der Waals surface area contributed by atoms with Crippen LogP contribution in [0, 0.1) is 11.3 Å². The highest BCUT2D eigenvalue weighted by Crippen LogP contribution is 2.45. The summed E-state index contributed by atoms with van der Waals surface area (Å²) in [6, 6.07) is 0. The minimum absolute atomic E-state index is 0.0106. The van der Waals surface area contributed by atoms with Crippen LogP contribution in [0.1, 0.15) is 40.0 Å². The molecule has 0 aliphatic heterocycles. The number of ether oxygens (including phenoxy) is 2. The van der Waals surface area contributed by atoms with E-state index in [-0.39, 0.29) is 23.4 Å². The van der Waals surface area contributed by atoms with Crippen molar-refractivity contribution in [3.8, 4) is 0 Å². The SMILES string of the molecule is CCCC(OC(=O)C(F)(F)F)C1=C(Cl)CC(C)(C)C(C(=O)OC)C1=O. The van der Waals surface area contributed by atoms with Gasteiger partial charge in [0, 0.05) is 5.03 Å². The highest BCUT2D eigenvalue weighted by Gasteiger charge is 2.50. The van der Waals surface area contributed by atoms with Crippen molar-refractivity contribution in [1.82, 2.24) is 0 Å². The second-order valence-corrected chi connectivity index (χ2v) is 6.94. The van der Waals surface area contributed by atoms with Gasteiger partial charge in [-0.1, -0.05) is 38.8 Å². The number of esters is 2. The molecule has 2 atom stereocenters. The smallest absolute Gasteiger partial charge is 0.468 e. The Morgan fingerprint density at radius 1 is 1.36 bits per heavy atom. The summed E-state index contributed by atoms with van der Waals surface area (Å²) in [6.45, 7) is 4.91. The van der Waals surface area contributed by atoms with Crippen LogP contribution in [0.5, 0.6) is 0 Å². The van der Waals surface area contributed by atoms with Gasteiger partial charge in [-0.25, -0.2) is 4.79 Å². The van der Waals surface area contributed by atoms with Gasteiger partial charge in [0.1, 0.15) is 12.0 Å². The first kappa shape index (κ1) is 21.5. The molecule has 0 spiro atoms. The maximum absolute atomic E-state index is 12.8. The lowest BCUT2D eigenvalue weighted by molar-refractivity contribution is -0.203. The summed E-state index contributed by atoms with van der Waals surface area (Å²) in [5.41, 5.74) is -1.15. The van der Waals surface area contributed by atoms with Crippen LogP contribution in [0.15, 0.2) is 10.6 Å². The number of halogens is 4. The summed E-state index contributed by atoms with van der Waals surface area (Å²) in [6.07, 6.45) is -6.30. The van der Waals surface area contributed by atoms with E-state index in [1.54, 1.807) is 20.8 Å². The van der Waals surface area contributed by atoms with Gasteiger partial charge in [-0.2, -0.15) is 13.2 Å². The molecule has 0 radical (unpaired) electrons. The Bertz CT molecular complexity index is 595. The Balaban J connectivity index is 3.30. The van der Waals surface area contributed by atoms with Crippen molar-refractivity contribution < 1.29 is 37.0 Å². The van der Waals surface area contributed by atoms with Gasteiger partial charge < -0.3 is 9.47 Å². The van der Waals surface area contributed by atoms with Gasteiger partial charge in [0.05, 0.1) is 12.7 Å². The third kappa shape index (κ3) is 4.74. The molecule has 0 heterocycles. The predicted molar refractivity (Wildman–Crippen MR) is 82.6 cm³/mol. The van der Waals surface area contributed by atoms with E-state index in [4.69, 9.17) is 11.6 Å². The molecule has 0 saturated heterocycles. The van der Waals surface area contributed by atoms with Crippen LogP contribution < -0.4 is 0 Å². The average Bonchev–Trinajstić information content (AvgIpc) is 2.44. The van der Waals surface area contributed by atoms with Gasteiger partial charge in [0.2, 0.25) is 0 Å². The third-order valence-electron chi connectivity index (χ3n) is 4.00. The number of methoxy groups -OCH3 is 1. The van der Waals surface area contributed by atoms with Crippen molar-refractivity contribution in [1.29, 1.82) is 0 Å². The Hall–Kier alpha value is -1.57. The van der Waals surface area contributed by atoms with E-state index in [0.717, 1.165) is 7.11 Å². The molecular weight excluding hydrogens is 365 g/mol. The topological polar surface area (TPSA) is 69.7 Å². The highest BCUT2D eigenvalue weighted by atomic mass is 35.5. The largest absolute Gasteiger partial charge is 0.490 e. The second-order valence-electron chi connectivity index (χ2n) is 6.48. The zero-order valence-corrected chi connectivity index (χ0v) is 15.1. The summed E-state index contributed by atoms with van der Waals surface area (Å²) >= 11 is 6.14. The molecule has 0 fully saturated rings. The van der Waals surface area contributed by atoms with Crippen molar-refractivity contribution in [3.63, 3.8) is 0 Å². The molecule has 5 nitrogen and oxygen atoms in total. The minimum Gasteiger partial charge on any atom is -0.468 e. The number of rotatable bonds is 5. The predicted octanol–water partition coefficient (Wildman–Crippen LogP) is 3.54. The molecule has 25 heavy (non-hydrogen) atoms. The molecular formula is C16H20ClF3O5. The fraction of sp³-hybridized carbons (Fsp3) is 0.688. The van der Waals surface area contributed by atoms with Crippen molar-refractivity contribution >= 4 is 29.3 Å². The van der Waals surface area contributed by atoms with E-state index < -0.39 is 41.3 Å². The van der Waals surface area contributed by atoms with Crippen LogP contribution in [0.25, 0.3) is 0 Å². The van der Waals surface area contributed by atoms with Crippen LogP contribution in [0.3, 0.4) is 0 Å². The molecule has 0 aromatic rings. The van der Waals surface area contributed by atoms with E-state index in [0.29, 0.717) is 6.42 Å². The zero-order valence-electron chi connectivity index (χ0n) is 14.3. The fourth-order valence-corrected chi connectivity index (χ4v) is 3.40. The lowest BCUT2D eigenvalue weighted by Gasteiger charge is -2.38. The van der Waals surface area contributed by atoms with Gasteiger partial charge in [0.25, 0.3) is 0 Å². The average molecular weight is 385 g/mol. The Kier molecular flexibility index (Phi) is 6.67. The molecule has 1 rings (SSSR count). The number of hydrogen-bond acceptors (Lipinski definition) is 5. The molecule has 1 aliphatic carbocycles. The van der Waals surface area contributed by atoms with Gasteiger partial charge in [-0.15, -0.1) is 0 Å². The summed E-state index contributed by atoms with van der Waals surface area (Å²) in [7, 11) is 1.11. The number of alkyl halides is 3. The fourth-order valence-electron chi connectivity index (χ4n) is 2.84. The first-order chi connectivity index (χ1) is 11.4. The van der Waals surface area contributed by atoms with E-state index >= 15 is 0 Å². The Morgan fingerprint density at radius 3 is 2.36 bits per heavy atom. The van der Waals surface area contributed by atoms with Gasteiger partial charge in [-0.05, 0) is 18.3 Å². The molecule has 9 heteroatoms. The Labute approximate surface area is 148 Å². The van der Waals surface area contributed by atoms with Crippen LogP contribution in [-0.4, -0.2) is 37.1 Å². The third-order valence-corrected chi connectivity index (χ3v) is 4.34. The highest BCUT2D eigenvalue weighted by molar-refractivity contribution is 6.33. The molecule has 0 amide bonds. The van der Waals surface area contributed by atoms with E-state index in [9.17, 15) is 27.6 Å². The van der Waals surface area contributed by atoms with Crippen LogP contribution in [-0.2, 0) is 23.9 Å². The second kappa shape index (κ2) is 7.76. The molecule has 2 unspecified atom stereocenters.